The first-order chi connectivity index (χ1) is 7.32. The summed E-state index contributed by atoms with van der Waals surface area (Å²) in [5.74, 6) is 0. The molecule has 0 amide bonds. The average molecular weight is 256 g/mol. The lowest BCUT2D eigenvalue weighted by Crippen LogP contribution is -2.20. The summed E-state index contributed by atoms with van der Waals surface area (Å²) in [4.78, 5) is 3.08. The molecule has 3 heteroatoms. The molecule has 0 bridgehead atoms. The Morgan fingerprint density at radius 3 is 2.50 bits per heavy atom. The quantitative estimate of drug-likeness (QED) is 0.709. The molecule has 1 atom stereocenters. The van der Waals surface area contributed by atoms with Gasteiger partial charge in [-0.05, 0) is 41.7 Å². The number of pyridine rings is 1. The van der Waals surface area contributed by atoms with Crippen LogP contribution in [0.4, 0.5) is 0 Å². The van der Waals surface area contributed by atoms with Crippen molar-refractivity contribution >= 4 is 23.8 Å². The first kappa shape index (κ1) is 12.1. The Hall–Kier alpha value is -0.340. The zero-order chi connectivity index (χ0) is 12.0. The molecule has 0 radical (unpaired) electrons. The second kappa shape index (κ2) is 3.85. The van der Waals surface area contributed by atoms with E-state index in [9.17, 15) is 0 Å². The summed E-state index contributed by atoms with van der Waals surface area (Å²) in [5.41, 5.74) is 1.97. The first-order valence-electron chi connectivity index (χ1n) is 5.71. The van der Waals surface area contributed by atoms with Crippen LogP contribution in [0.1, 0.15) is 45.6 Å². The lowest BCUT2D eigenvalue weighted by molar-refractivity contribution is 0.347. The third-order valence-electron chi connectivity index (χ3n) is 3.78. The Morgan fingerprint density at radius 2 is 2.00 bits per heavy atom. The Bertz CT molecular complexity index is 463. The van der Waals surface area contributed by atoms with Crippen LogP contribution in [-0.2, 0) is 5.41 Å². The van der Waals surface area contributed by atoms with Crippen LogP contribution in [0.3, 0.4) is 0 Å². The van der Waals surface area contributed by atoms with E-state index in [1.165, 1.54) is 24.8 Å². The monoisotopic (exact) mass is 255 g/mol. The van der Waals surface area contributed by atoms with Crippen LogP contribution in [0.15, 0.2) is 12.3 Å². The molecule has 0 aromatic carbocycles. The molecule has 88 valence electrons. The summed E-state index contributed by atoms with van der Waals surface area (Å²) in [6.45, 7) is 7.00. The summed E-state index contributed by atoms with van der Waals surface area (Å²) < 4.78 is 0.631. The fraction of sp³-hybridized carbons (Fsp3) is 0.615. The van der Waals surface area contributed by atoms with Gasteiger partial charge in [-0.1, -0.05) is 44.6 Å². The zero-order valence-electron chi connectivity index (χ0n) is 10.1. The van der Waals surface area contributed by atoms with E-state index in [0.717, 1.165) is 0 Å². The molecule has 0 spiro atoms. The number of aromatic amines is 1. The van der Waals surface area contributed by atoms with Gasteiger partial charge < -0.3 is 4.98 Å². The van der Waals surface area contributed by atoms with Gasteiger partial charge >= 0.3 is 0 Å². The topological polar surface area (TPSA) is 15.8 Å². The van der Waals surface area contributed by atoms with Crippen LogP contribution in [0.5, 0.6) is 0 Å². The molecule has 2 rings (SSSR count). The van der Waals surface area contributed by atoms with Crippen molar-refractivity contribution in [1.82, 2.24) is 4.98 Å². The van der Waals surface area contributed by atoms with Gasteiger partial charge in [-0.15, -0.1) is 0 Å². The number of aromatic nitrogens is 1. The third-order valence-corrected chi connectivity index (χ3v) is 4.53. The number of rotatable bonds is 1. The van der Waals surface area contributed by atoms with E-state index in [2.05, 4.69) is 25.8 Å². The molecule has 1 heterocycles. The predicted molar refractivity (Wildman–Crippen MR) is 71.6 cm³/mol. The number of hydrogen-bond donors (Lipinski definition) is 1. The molecule has 1 aliphatic rings. The maximum atomic E-state index is 6.09. The van der Waals surface area contributed by atoms with Crippen LogP contribution >= 0.6 is 23.8 Å². The second-order valence-corrected chi connectivity index (χ2v) is 6.78. The van der Waals surface area contributed by atoms with Gasteiger partial charge in [-0.2, -0.15) is 0 Å². The molecule has 0 aliphatic heterocycles. The average Bonchev–Trinajstić information content (AvgIpc) is 2.47. The fourth-order valence-electron chi connectivity index (χ4n) is 2.90. The van der Waals surface area contributed by atoms with E-state index < -0.39 is 0 Å². The maximum Gasteiger partial charge on any atom is 0.122 e. The van der Waals surface area contributed by atoms with Crippen LogP contribution in [0.2, 0.25) is 5.02 Å². The first-order valence-corrected chi connectivity index (χ1v) is 6.50. The molecule has 1 nitrogen and oxygen atoms in total. The van der Waals surface area contributed by atoms with E-state index >= 15 is 0 Å². The van der Waals surface area contributed by atoms with Crippen molar-refractivity contribution in [2.24, 2.45) is 5.41 Å². The van der Waals surface area contributed by atoms with Gasteiger partial charge in [0.05, 0.1) is 5.02 Å². The van der Waals surface area contributed by atoms with Crippen molar-refractivity contribution in [3.05, 3.63) is 27.5 Å². The molecule has 1 N–H and O–H groups in total. The Labute approximate surface area is 107 Å². The van der Waals surface area contributed by atoms with Crippen molar-refractivity contribution in [1.29, 1.82) is 0 Å². The molecule has 16 heavy (non-hydrogen) atoms. The molecule has 1 fully saturated rings. The van der Waals surface area contributed by atoms with E-state index in [1.54, 1.807) is 0 Å². The van der Waals surface area contributed by atoms with Gasteiger partial charge in [0.2, 0.25) is 0 Å². The standard InChI is InChI=1S/C13H18ClNS/c1-12(2)4-5-13(3,8-12)9-6-10(14)11(16)15-7-9/h6-7H,4-5,8H2,1-3H3,(H,15,16). The highest BCUT2D eigenvalue weighted by atomic mass is 35.5. The number of hydrogen-bond acceptors (Lipinski definition) is 1. The van der Waals surface area contributed by atoms with Gasteiger partial charge in [0, 0.05) is 6.20 Å². The zero-order valence-corrected chi connectivity index (χ0v) is 11.6. The molecule has 1 aromatic heterocycles. The lowest BCUT2D eigenvalue weighted by Gasteiger charge is -2.27. The van der Waals surface area contributed by atoms with Gasteiger partial charge in [-0.25, -0.2) is 0 Å². The van der Waals surface area contributed by atoms with Gasteiger partial charge in [0.1, 0.15) is 4.64 Å². The molecule has 1 unspecified atom stereocenters. The molecule has 1 saturated carbocycles. The van der Waals surface area contributed by atoms with E-state index in [-0.39, 0.29) is 5.41 Å². The molecule has 1 aromatic rings. The fourth-order valence-corrected chi connectivity index (χ4v) is 3.19. The minimum absolute atomic E-state index is 0.243. The van der Waals surface area contributed by atoms with Gasteiger partial charge in [0.25, 0.3) is 0 Å². The maximum absolute atomic E-state index is 6.09. The normalized spacial score (nSPS) is 28.2. The van der Waals surface area contributed by atoms with Crippen molar-refractivity contribution in [3.63, 3.8) is 0 Å². The minimum Gasteiger partial charge on any atom is -0.351 e. The van der Waals surface area contributed by atoms with Crippen LogP contribution in [0.25, 0.3) is 0 Å². The number of nitrogens with one attached hydrogen (secondary N) is 1. The second-order valence-electron chi connectivity index (χ2n) is 5.97. The van der Waals surface area contributed by atoms with Crippen LogP contribution < -0.4 is 0 Å². The predicted octanol–water partition coefficient (Wildman–Crippen LogP) is 4.87. The minimum atomic E-state index is 0.243. The summed E-state index contributed by atoms with van der Waals surface area (Å²) in [6.07, 6.45) is 5.73. The van der Waals surface area contributed by atoms with Crippen molar-refractivity contribution in [2.45, 2.75) is 45.4 Å². The Kier molecular flexibility index (Phi) is 2.92. The Morgan fingerprint density at radius 1 is 1.31 bits per heavy atom. The summed E-state index contributed by atoms with van der Waals surface area (Å²) in [7, 11) is 0. The van der Waals surface area contributed by atoms with E-state index in [4.69, 9.17) is 23.8 Å². The molecular weight excluding hydrogens is 238 g/mol. The molecular formula is C13H18ClNS. The van der Waals surface area contributed by atoms with Gasteiger partial charge in [0.15, 0.2) is 0 Å². The van der Waals surface area contributed by atoms with Crippen molar-refractivity contribution in [3.8, 4) is 0 Å². The highest BCUT2D eigenvalue weighted by Gasteiger charge is 2.40. The largest absolute Gasteiger partial charge is 0.351 e. The van der Waals surface area contributed by atoms with Crippen LogP contribution in [0, 0.1) is 10.1 Å². The van der Waals surface area contributed by atoms with Crippen molar-refractivity contribution < 1.29 is 0 Å². The smallest absolute Gasteiger partial charge is 0.122 e. The third kappa shape index (κ3) is 2.18. The summed E-state index contributed by atoms with van der Waals surface area (Å²) in [5, 5.41) is 0.665. The SMILES string of the molecule is CC1(C)CCC(C)(c2c[nH]c(=S)c(Cl)c2)C1. The molecule has 0 saturated heterocycles. The lowest BCUT2D eigenvalue weighted by atomic mass is 9.78. The van der Waals surface area contributed by atoms with E-state index in [0.29, 0.717) is 15.1 Å². The van der Waals surface area contributed by atoms with Gasteiger partial charge in [-0.3, -0.25) is 0 Å². The number of halogens is 1. The highest BCUT2D eigenvalue weighted by Crippen LogP contribution is 2.50. The summed E-state index contributed by atoms with van der Waals surface area (Å²) >= 11 is 11.2. The van der Waals surface area contributed by atoms with Crippen LogP contribution in [-0.4, -0.2) is 4.98 Å². The highest BCUT2D eigenvalue weighted by molar-refractivity contribution is 7.71. The Balaban J connectivity index is 2.38. The molecule has 1 aliphatic carbocycles. The number of H-pyrrole nitrogens is 1. The van der Waals surface area contributed by atoms with Crippen molar-refractivity contribution in [2.75, 3.05) is 0 Å². The van der Waals surface area contributed by atoms with E-state index in [1.807, 2.05) is 12.3 Å². The summed E-state index contributed by atoms with van der Waals surface area (Å²) in [6, 6.07) is 2.03.